The van der Waals surface area contributed by atoms with Crippen LogP contribution in [0, 0.1) is 15.9 Å². The molecule has 0 atom stereocenters. The summed E-state index contributed by atoms with van der Waals surface area (Å²) in [6.45, 7) is 0. The Balaban J connectivity index is 2.37. The summed E-state index contributed by atoms with van der Waals surface area (Å²) in [5.74, 6) is -0.374. The zero-order valence-electron chi connectivity index (χ0n) is 9.06. The number of nitrogens with one attached hydrogen (secondary N) is 1. The van der Waals surface area contributed by atoms with Gasteiger partial charge in [-0.3, -0.25) is 10.1 Å². The second-order valence-electron chi connectivity index (χ2n) is 3.53. The molecule has 0 saturated carbocycles. The average molecular weight is 267 g/mol. The highest BCUT2D eigenvalue weighted by molar-refractivity contribution is 6.33. The van der Waals surface area contributed by atoms with E-state index in [0.29, 0.717) is 5.69 Å². The minimum absolute atomic E-state index is 0.0483. The summed E-state index contributed by atoms with van der Waals surface area (Å²) in [4.78, 5) is 10.3. The molecule has 0 saturated heterocycles. The maximum atomic E-state index is 12.7. The third-order valence-corrected chi connectivity index (χ3v) is 2.60. The lowest BCUT2D eigenvalue weighted by atomic mass is 10.2. The first-order chi connectivity index (χ1) is 8.58. The fourth-order valence-electron chi connectivity index (χ4n) is 1.49. The van der Waals surface area contributed by atoms with E-state index in [4.69, 9.17) is 11.6 Å². The number of nitro groups is 1. The van der Waals surface area contributed by atoms with Gasteiger partial charge in [-0.1, -0.05) is 17.7 Å². The lowest BCUT2D eigenvalue weighted by Crippen LogP contribution is -1.97. The van der Waals surface area contributed by atoms with Crippen LogP contribution in [-0.2, 0) is 0 Å². The number of nitro benzene ring substituents is 1. The second kappa shape index (κ2) is 5.01. The third kappa shape index (κ3) is 2.57. The molecule has 0 aliphatic heterocycles. The molecule has 18 heavy (non-hydrogen) atoms. The van der Waals surface area contributed by atoms with Crippen molar-refractivity contribution in [3.8, 4) is 0 Å². The van der Waals surface area contributed by atoms with Crippen LogP contribution in [0.3, 0.4) is 0 Å². The summed E-state index contributed by atoms with van der Waals surface area (Å²) in [6, 6.07) is 10.1. The van der Waals surface area contributed by atoms with E-state index < -0.39 is 4.92 Å². The monoisotopic (exact) mass is 266 g/mol. The van der Waals surface area contributed by atoms with E-state index in [9.17, 15) is 14.5 Å². The minimum Gasteiger partial charge on any atom is -0.350 e. The normalized spacial score (nSPS) is 10.1. The smallest absolute Gasteiger partial charge is 0.311 e. The molecule has 0 bridgehead atoms. The van der Waals surface area contributed by atoms with E-state index in [-0.39, 0.29) is 22.2 Å². The molecule has 92 valence electrons. The quantitative estimate of drug-likeness (QED) is 0.671. The van der Waals surface area contributed by atoms with E-state index >= 15 is 0 Å². The summed E-state index contributed by atoms with van der Waals surface area (Å²) in [7, 11) is 0. The highest BCUT2D eigenvalue weighted by Crippen LogP contribution is 2.34. The zero-order chi connectivity index (χ0) is 13.1. The number of halogens is 2. The average Bonchev–Trinajstić information content (AvgIpc) is 2.32. The number of nitrogens with zero attached hydrogens (tertiary/aromatic N) is 1. The predicted molar refractivity (Wildman–Crippen MR) is 67.8 cm³/mol. The van der Waals surface area contributed by atoms with Gasteiger partial charge in [0.25, 0.3) is 0 Å². The Morgan fingerprint density at radius 1 is 1.17 bits per heavy atom. The first-order valence-electron chi connectivity index (χ1n) is 5.03. The molecule has 4 nitrogen and oxygen atoms in total. The molecular formula is C12H8ClFN2O2. The Labute approximate surface area is 107 Å². The van der Waals surface area contributed by atoms with Gasteiger partial charge >= 0.3 is 5.69 Å². The van der Waals surface area contributed by atoms with E-state index in [1.807, 2.05) is 0 Å². The molecule has 2 rings (SSSR count). The fraction of sp³-hybridized carbons (Fsp3) is 0. The van der Waals surface area contributed by atoms with Crippen LogP contribution in [0.25, 0.3) is 0 Å². The predicted octanol–water partition coefficient (Wildman–Crippen LogP) is 4.13. The number of hydrogen-bond donors (Lipinski definition) is 1. The van der Waals surface area contributed by atoms with Gasteiger partial charge in [-0.15, -0.1) is 0 Å². The van der Waals surface area contributed by atoms with Crippen LogP contribution in [0.2, 0.25) is 5.02 Å². The van der Waals surface area contributed by atoms with Crippen molar-refractivity contribution in [2.75, 3.05) is 5.32 Å². The molecular weight excluding hydrogens is 259 g/mol. The number of hydrogen-bond acceptors (Lipinski definition) is 3. The molecule has 2 aromatic carbocycles. The van der Waals surface area contributed by atoms with Gasteiger partial charge in [0.2, 0.25) is 0 Å². The van der Waals surface area contributed by atoms with Crippen LogP contribution >= 0.6 is 11.6 Å². The Hall–Kier alpha value is -2.14. The zero-order valence-corrected chi connectivity index (χ0v) is 9.82. The van der Waals surface area contributed by atoms with E-state index in [1.165, 1.54) is 36.4 Å². The minimum atomic E-state index is -0.561. The number of para-hydroxylation sites is 1. The topological polar surface area (TPSA) is 55.2 Å². The Morgan fingerprint density at radius 3 is 2.44 bits per heavy atom. The van der Waals surface area contributed by atoms with Crippen molar-refractivity contribution in [3.63, 3.8) is 0 Å². The van der Waals surface area contributed by atoms with Crippen molar-refractivity contribution >= 4 is 28.7 Å². The summed E-state index contributed by atoms with van der Waals surface area (Å²) >= 11 is 5.77. The van der Waals surface area contributed by atoms with Crippen LogP contribution in [0.4, 0.5) is 21.5 Å². The highest BCUT2D eigenvalue weighted by atomic mass is 35.5. The third-order valence-electron chi connectivity index (χ3n) is 2.29. The Kier molecular flexibility index (Phi) is 3.43. The summed E-state index contributed by atoms with van der Waals surface area (Å²) in [5, 5.41) is 13.8. The van der Waals surface area contributed by atoms with Gasteiger partial charge in [0.15, 0.2) is 0 Å². The maximum absolute atomic E-state index is 12.7. The van der Waals surface area contributed by atoms with Crippen LogP contribution < -0.4 is 5.32 Å². The molecule has 0 amide bonds. The van der Waals surface area contributed by atoms with E-state index in [1.54, 1.807) is 6.07 Å². The summed E-state index contributed by atoms with van der Waals surface area (Å²) < 4.78 is 12.7. The first kappa shape index (κ1) is 12.3. The van der Waals surface area contributed by atoms with Gasteiger partial charge in [-0.25, -0.2) is 4.39 Å². The van der Waals surface area contributed by atoms with Crippen molar-refractivity contribution in [1.82, 2.24) is 0 Å². The number of rotatable bonds is 3. The van der Waals surface area contributed by atoms with Gasteiger partial charge in [-0.2, -0.15) is 0 Å². The van der Waals surface area contributed by atoms with Gasteiger partial charge in [0.1, 0.15) is 16.5 Å². The molecule has 6 heteroatoms. The number of benzene rings is 2. The largest absolute Gasteiger partial charge is 0.350 e. The van der Waals surface area contributed by atoms with Crippen LogP contribution in [0.5, 0.6) is 0 Å². The molecule has 1 N–H and O–H groups in total. The van der Waals surface area contributed by atoms with Crippen LogP contribution in [0.15, 0.2) is 42.5 Å². The molecule has 0 spiro atoms. The van der Waals surface area contributed by atoms with Crippen molar-refractivity contribution < 1.29 is 9.31 Å². The Bertz CT molecular complexity index is 587. The van der Waals surface area contributed by atoms with Gasteiger partial charge < -0.3 is 5.32 Å². The lowest BCUT2D eigenvalue weighted by Gasteiger charge is -2.07. The van der Waals surface area contributed by atoms with Crippen molar-refractivity contribution in [2.45, 2.75) is 0 Å². The molecule has 0 aliphatic rings. The maximum Gasteiger partial charge on any atom is 0.311 e. The Morgan fingerprint density at radius 2 is 1.83 bits per heavy atom. The standard InChI is InChI=1S/C12H8ClFN2O2/c13-10-2-1-3-11(12(10)16(17)18)15-9-6-4-8(14)5-7-9/h1-7,15H. The van der Waals surface area contributed by atoms with Gasteiger partial charge in [0.05, 0.1) is 4.92 Å². The molecule has 0 fully saturated rings. The fourth-order valence-corrected chi connectivity index (χ4v) is 1.73. The van der Waals surface area contributed by atoms with Crippen LogP contribution in [0.1, 0.15) is 0 Å². The molecule has 0 aliphatic carbocycles. The molecule has 0 aromatic heterocycles. The first-order valence-corrected chi connectivity index (χ1v) is 5.41. The highest BCUT2D eigenvalue weighted by Gasteiger charge is 2.18. The van der Waals surface area contributed by atoms with Crippen LogP contribution in [-0.4, -0.2) is 4.92 Å². The molecule has 0 radical (unpaired) electrons. The molecule has 0 unspecified atom stereocenters. The van der Waals surface area contributed by atoms with Crippen molar-refractivity contribution in [2.24, 2.45) is 0 Å². The van der Waals surface area contributed by atoms with Gasteiger partial charge in [-0.05, 0) is 36.4 Å². The van der Waals surface area contributed by atoms with E-state index in [2.05, 4.69) is 5.32 Å². The molecule has 2 aromatic rings. The van der Waals surface area contributed by atoms with Crippen molar-refractivity contribution in [3.05, 3.63) is 63.4 Å². The summed E-state index contributed by atoms with van der Waals surface area (Å²) in [6.07, 6.45) is 0. The van der Waals surface area contributed by atoms with E-state index in [0.717, 1.165) is 0 Å². The SMILES string of the molecule is O=[N+]([O-])c1c(Cl)cccc1Nc1ccc(F)cc1. The van der Waals surface area contributed by atoms with Crippen molar-refractivity contribution in [1.29, 1.82) is 0 Å². The lowest BCUT2D eigenvalue weighted by molar-refractivity contribution is -0.383. The second-order valence-corrected chi connectivity index (χ2v) is 3.93. The molecule has 0 heterocycles. The van der Waals surface area contributed by atoms with Gasteiger partial charge in [0, 0.05) is 5.69 Å². The number of anilines is 2. The summed E-state index contributed by atoms with van der Waals surface area (Å²) in [5.41, 5.74) is 0.601.